The van der Waals surface area contributed by atoms with Gasteiger partial charge in [0.25, 0.3) is 5.91 Å². The summed E-state index contributed by atoms with van der Waals surface area (Å²) in [6.07, 6.45) is -4.77. The van der Waals surface area contributed by atoms with Crippen molar-refractivity contribution in [1.29, 1.82) is 0 Å². The Balaban J connectivity index is 1.98. The Bertz CT molecular complexity index is 861. The molecule has 152 valence electrons. The number of amides is 1. The number of hydrogen-bond donors (Lipinski definition) is 2. The van der Waals surface area contributed by atoms with Gasteiger partial charge < -0.3 is 10.6 Å². The molecule has 2 aromatic rings. The maximum Gasteiger partial charge on any atom is 0.410 e. The molecule has 0 spiro atoms. The third-order valence-electron chi connectivity index (χ3n) is 4.66. The topological polar surface area (TPSA) is 59.0 Å². The van der Waals surface area contributed by atoms with Crippen LogP contribution >= 0.6 is 11.6 Å². The van der Waals surface area contributed by atoms with Crippen molar-refractivity contribution in [2.24, 2.45) is 5.92 Å². The molecule has 0 bridgehead atoms. The number of nitrogens with zero attached hydrogens (tertiary/aromatic N) is 2. The van der Waals surface area contributed by atoms with Crippen molar-refractivity contribution in [3.63, 3.8) is 0 Å². The normalized spacial score (nSPS) is 19.3. The molecule has 9 heteroatoms. The third-order valence-corrected chi connectivity index (χ3v) is 5.02. The van der Waals surface area contributed by atoms with E-state index in [0.29, 0.717) is 12.1 Å². The molecular formula is C19H22ClF3N4O. The molecule has 5 nitrogen and oxygen atoms in total. The molecule has 0 saturated heterocycles. The van der Waals surface area contributed by atoms with Crippen LogP contribution in [-0.2, 0) is 0 Å². The van der Waals surface area contributed by atoms with Gasteiger partial charge in [0.05, 0.1) is 6.04 Å². The molecule has 3 rings (SSSR count). The molecule has 2 heterocycles. The average molecular weight is 415 g/mol. The average Bonchev–Trinajstić information content (AvgIpc) is 2.95. The molecular weight excluding hydrogens is 393 g/mol. The van der Waals surface area contributed by atoms with Crippen LogP contribution < -0.4 is 10.6 Å². The van der Waals surface area contributed by atoms with Gasteiger partial charge in [-0.2, -0.15) is 18.3 Å². The zero-order chi connectivity index (χ0) is 20.6. The van der Waals surface area contributed by atoms with E-state index in [9.17, 15) is 18.0 Å². The Kier molecular flexibility index (Phi) is 5.61. The van der Waals surface area contributed by atoms with E-state index in [2.05, 4.69) is 15.7 Å². The monoisotopic (exact) mass is 414 g/mol. The third kappa shape index (κ3) is 4.11. The summed E-state index contributed by atoms with van der Waals surface area (Å²) < 4.78 is 42.0. The number of halogens is 4. The largest absolute Gasteiger partial charge is 0.410 e. The standard InChI is InChI=1S/C19H22ClF3N4O/c1-10(2)9-24-18(28)16-15(20)17-25-13(12-6-4-11(3)5-7-12)8-14(19(21,22)23)27(17)26-16/h4-7,10,13-14,25H,8-9H2,1-3H3,(H,24,28)/t13-,14-/m1/s1. The Morgan fingerprint density at radius 2 is 2.00 bits per heavy atom. The van der Waals surface area contributed by atoms with Crippen LogP contribution in [0.1, 0.15) is 54.0 Å². The van der Waals surface area contributed by atoms with E-state index < -0.39 is 24.2 Å². The van der Waals surface area contributed by atoms with Gasteiger partial charge in [0.2, 0.25) is 0 Å². The first-order chi connectivity index (χ1) is 13.1. The lowest BCUT2D eigenvalue weighted by molar-refractivity contribution is -0.173. The fraction of sp³-hybridized carbons (Fsp3) is 0.474. The molecule has 2 atom stereocenters. The van der Waals surface area contributed by atoms with Gasteiger partial charge in [0.15, 0.2) is 11.7 Å². The molecule has 2 N–H and O–H groups in total. The minimum Gasteiger partial charge on any atom is -0.362 e. The molecule has 1 aliphatic heterocycles. The van der Waals surface area contributed by atoms with Gasteiger partial charge in [-0.05, 0) is 18.4 Å². The van der Waals surface area contributed by atoms with Gasteiger partial charge in [-0.1, -0.05) is 55.3 Å². The van der Waals surface area contributed by atoms with Gasteiger partial charge >= 0.3 is 6.18 Å². The molecule has 0 radical (unpaired) electrons. The molecule has 28 heavy (non-hydrogen) atoms. The van der Waals surface area contributed by atoms with Crippen molar-refractivity contribution in [3.05, 3.63) is 46.1 Å². The van der Waals surface area contributed by atoms with E-state index in [1.165, 1.54) is 0 Å². The number of nitrogens with one attached hydrogen (secondary N) is 2. The van der Waals surface area contributed by atoms with E-state index in [0.717, 1.165) is 10.2 Å². The van der Waals surface area contributed by atoms with Crippen LogP contribution in [0.25, 0.3) is 0 Å². The van der Waals surface area contributed by atoms with Gasteiger partial charge in [0, 0.05) is 13.0 Å². The molecule has 1 amide bonds. The predicted molar refractivity (Wildman–Crippen MR) is 102 cm³/mol. The van der Waals surface area contributed by atoms with Gasteiger partial charge in [-0.25, -0.2) is 4.68 Å². The Morgan fingerprint density at radius 1 is 1.36 bits per heavy atom. The zero-order valence-corrected chi connectivity index (χ0v) is 16.5. The first-order valence-electron chi connectivity index (χ1n) is 9.04. The number of carbonyl (C=O) groups excluding carboxylic acids is 1. The number of aromatic nitrogens is 2. The van der Waals surface area contributed by atoms with Crippen molar-refractivity contribution in [1.82, 2.24) is 15.1 Å². The highest BCUT2D eigenvalue weighted by Crippen LogP contribution is 2.46. The molecule has 1 aliphatic rings. The maximum atomic E-state index is 13.7. The quantitative estimate of drug-likeness (QED) is 0.748. The lowest BCUT2D eigenvalue weighted by Gasteiger charge is -2.33. The Labute approximate surface area is 166 Å². The molecule has 1 aromatic carbocycles. The summed E-state index contributed by atoms with van der Waals surface area (Å²) in [6.45, 7) is 6.10. The van der Waals surface area contributed by atoms with Crippen LogP contribution in [-0.4, -0.2) is 28.4 Å². The summed E-state index contributed by atoms with van der Waals surface area (Å²) >= 11 is 6.27. The van der Waals surface area contributed by atoms with Crippen molar-refractivity contribution >= 4 is 23.3 Å². The predicted octanol–water partition coefficient (Wildman–Crippen LogP) is 4.89. The molecule has 0 saturated carbocycles. The highest BCUT2D eigenvalue weighted by molar-refractivity contribution is 6.36. The Hall–Kier alpha value is -2.22. The van der Waals surface area contributed by atoms with Crippen LogP contribution in [0.3, 0.4) is 0 Å². The van der Waals surface area contributed by atoms with Crippen molar-refractivity contribution < 1.29 is 18.0 Å². The number of rotatable bonds is 4. The number of alkyl halides is 3. The first kappa shape index (κ1) is 20.5. The van der Waals surface area contributed by atoms with Gasteiger partial charge in [-0.3, -0.25) is 4.79 Å². The fourth-order valence-electron chi connectivity index (χ4n) is 3.13. The summed E-state index contributed by atoms with van der Waals surface area (Å²) in [7, 11) is 0. The molecule has 0 fully saturated rings. The molecule has 0 aliphatic carbocycles. The van der Waals surface area contributed by atoms with Crippen LogP contribution in [0, 0.1) is 12.8 Å². The number of carbonyl (C=O) groups is 1. The van der Waals surface area contributed by atoms with E-state index in [4.69, 9.17) is 11.6 Å². The second-order valence-electron chi connectivity index (χ2n) is 7.46. The number of hydrogen-bond acceptors (Lipinski definition) is 3. The van der Waals surface area contributed by atoms with Crippen LogP contribution in [0.2, 0.25) is 5.02 Å². The van der Waals surface area contributed by atoms with Crippen LogP contribution in [0.4, 0.5) is 19.0 Å². The summed E-state index contributed by atoms with van der Waals surface area (Å²) in [5.74, 6) is -0.391. The van der Waals surface area contributed by atoms with Crippen molar-refractivity contribution in [2.75, 3.05) is 11.9 Å². The SMILES string of the molecule is Cc1ccc([C@H]2C[C@H](C(F)(F)F)n3nc(C(=O)NCC(C)C)c(Cl)c3N2)cc1. The van der Waals surface area contributed by atoms with E-state index in [1.807, 2.05) is 32.9 Å². The second-order valence-corrected chi connectivity index (χ2v) is 7.84. The van der Waals surface area contributed by atoms with Crippen molar-refractivity contribution in [2.45, 2.75) is 45.5 Å². The van der Waals surface area contributed by atoms with Crippen LogP contribution in [0.5, 0.6) is 0 Å². The summed E-state index contributed by atoms with van der Waals surface area (Å²) in [6, 6.07) is 4.79. The maximum absolute atomic E-state index is 13.7. The number of anilines is 1. The molecule has 1 aromatic heterocycles. The minimum atomic E-state index is -4.53. The van der Waals surface area contributed by atoms with E-state index in [-0.39, 0.29) is 28.9 Å². The Morgan fingerprint density at radius 3 is 2.57 bits per heavy atom. The smallest absolute Gasteiger partial charge is 0.362 e. The summed E-state index contributed by atoms with van der Waals surface area (Å²) in [4.78, 5) is 12.4. The van der Waals surface area contributed by atoms with E-state index >= 15 is 0 Å². The van der Waals surface area contributed by atoms with Crippen LogP contribution in [0.15, 0.2) is 24.3 Å². The minimum absolute atomic E-state index is 0.00973. The highest BCUT2D eigenvalue weighted by Gasteiger charge is 2.47. The number of benzene rings is 1. The lowest BCUT2D eigenvalue weighted by atomic mass is 9.96. The van der Waals surface area contributed by atoms with Gasteiger partial charge in [-0.15, -0.1) is 0 Å². The molecule has 0 unspecified atom stereocenters. The number of fused-ring (bicyclic) bond motifs is 1. The summed E-state index contributed by atoms with van der Waals surface area (Å²) in [5, 5.41) is 9.48. The van der Waals surface area contributed by atoms with E-state index in [1.54, 1.807) is 12.1 Å². The van der Waals surface area contributed by atoms with Gasteiger partial charge in [0.1, 0.15) is 10.8 Å². The fourth-order valence-corrected chi connectivity index (χ4v) is 3.40. The van der Waals surface area contributed by atoms with Crippen molar-refractivity contribution in [3.8, 4) is 0 Å². The zero-order valence-electron chi connectivity index (χ0n) is 15.8. The lowest BCUT2D eigenvalue weighted by Crippen LogP contribution is -2.36. The first-order valence-corrected chi connectivity index (χ1v) is 9.41. The summed E-state index contributed by atoms with van der Waals surface area (Å²) in [5.41, 5.74) is 1.52. The second kappa shape index (κ2) is 7.66. The number of aryl methyl sites for hydroxylation is 1. The highest BCUT2D eigenvalue weighted by atomic mass is 35.5.